The number of pyridine rings is 1. The first-order chi connectivity index (χ1) is 10.9. The van der Waals surface area contributed by atoms with Crippen molar-refractivity contribution in [2.75, 3.05) is 11.9 Å². The van der Waals surface area contributed by atoms with Crippen LogP contribution in [0.15, 0.2) is 29.6 Å². The van der Waals surface area contributed by atoms with Crippen LogP contribution in [0.5, 0.6) is 0 Å². The van der Waals surface area contributed by atoms with E-state index in [0.29, 0.717) is 0 Å². The molecule has 4 rings (SSSR count). The highest BCUT2D eigenvalue weighted by Crippen LogP contribution is 2.37. The molecule has 0 unspecified atom stereocenters. The first-order valence-electron chi connectivity index (χ1n) is 7.97. The van der Waals surface area contributed by atoms with Crippen molar-refractivity contribution < 1.29 is 0 Å². The lowest BCUT2D eigenvalue weighted by atomic mass is 9.89. The molecule has 0 radical (unpaired) electrons. The lowest BCUT2D eigenvalue weighted by molar-refractivity contribution is 0.672. The van der Waals surface area contributed by atoms with Crippen molar-refractivity contribution in [1.29, 1.82) is 0 Å². The predicted molar refractivity (Wildman–Crippen MR) is 93.7 cm³/mol. The number of thiazole rings is 1. The number of aryl methyl sites for hydroxylation is 1. The molecule has 1 aromatic carbocycles. The number of fused-ring (bicyclic) bond motifs is 2. The molecule has 0 aliphatic heterocycles. The number of benzene rings is 1. The second kappa shape index (κ2) is 5.69. The molecule has 0 saturated heterocycles. The van der Waals surface area contributed by atoms with Crippen LogP contribution in [0.3, 0.4) is 0 Å². The molecular weight excluding hydrogens is 290 g/mol. The summed E-state index contributed by atoms with van der Waals surface area (Å²) >= 11 is 1.69. The molecule has 1 N–H and O–H groups in total. The van der Waals surface area contributed by atoms with E-state index in [0.717, 1.165) is 35.7 Å². The van der Waals surface area contributed by atoms with Gasteiger partial charge in [0.1, 0.15) is 0 Å². The molecule has 0 amide bonds. The lowest BCUT2D eigenvalue weighted by Crippen LogP contribution is -2.08. The normalized spacial score (nSPS) is 14.0. The van der Waals surface area contributed by atoms with Crippen LogP contribution in [0.4, 0.5) is 5.13 Å². The molecule has 3 aromatic rings. The molecule has 0 bridgehead atoms. The van der Waals surface area contributed by atoms with Gasteiger partial charge in [0, 0.05) is 28.6 Å². The number of anilines is 1. The summed E-state index contributed by atoms with van der Waals surface area (Å²) in [5, 5.41) is 7.73. The topological polar surface area (TPSA) is 37.8 Å². The third kappa shape index (κ3) is 2.28. The highest BCUT2D eigenvalue weighted by Gasteiger charge is 2.20. The summed E-state index contributed by atoms with van der Waals surface area (Å²) in [4.78, 5) is 9.71. The molecule has 2 heterocycles. The van der Waals surface area contributed by atoms with Gasteiger partial charge in [-0.15, -0.1) is 11.3 Å². The van der Waals surface area contributed by atoms with E-state index in [9.17, 15) is 0 Å². The molecule has 112 valence electrons. The third-order valence-corrected chi connectivity index (χ3v) is 5.06. The smallest absolute Gasteiger partial charge is 0.183 e. The first-order valence-corrected chi connectivity index (χ1v) is 8.85. The SMILES string of the molecule is CCNc1nc(-c2c3c(nc4ccccc24)CCCC3)cs1. The minimum atomic E-state index is 0.905. The van der Waals surface area contributed by atoms with Gasteiger partial charge in [0.25, 0.3) is 0 Å². The quantitative estimate of drug-likeness (QED) is 0.764. The van der Waals surface area contributed by atoms with Gasteiger partial charge in [0.2, 0.25) is 0 Å². The summed E-state index contributed by atoms with van der Waals surface area (Å²) < 4.78 is 0. The van der Waals surface area contributed by atoms with Crippen LogP contribution >= 0.6 is 11.3 Å². The Morgan fingerprint density at radius 2 is 2.00 bits per heavy atom. The Labute approximate surface area is 134 Å². The maximum Gasteiger partial charge on any atom is 0.183 e. The highest BCUT2D eigenvalue weighted by molar-refractivity contribution is 7.14. The van der Waals surface area contributed by atoms with E-state index in [4.69, 9.17) is 9.97 Å². The first kappa shape index (κ1) is 13.7. The molecule has 1 aliphatic rings. The molecule has 0 fully saturated rings. The zero-order chi connectivity index (χ0) is 14.9. The van der Waals surface area contributed by atoms with Crippen LogP contribution in [0.1, 0.15) is 31.0 Å². The van der Waals surface area contributed by atoms with Crippen molar-refractivity contribution in [3.8, 4) is 11.3 Å². The maximum absolute atomic E-state index is 4.91. The zero-order valence-electron chi connectivity index (χ0n) is 12.7. The summed E-state index contributed by atoms with van der Waals surface area (Å²) in [6, 6.07) is 8.46. The van der Waals surface area contributed by atoms with Crippen LogP contribution < -0.4 is 5.32 Å². The highest BCUT2D eigenvalue weighted by atomic mass is 32.1. The number of nitrogens with one attached hydrogen (secondary N) is 1. The molecule has 0 saturated carbocycles. The monoisotopic (exact) mass is 309 g/mol. The largest absolute Gasteiger partial charge is 0.362 e. The van der Waals surface area contributed by atoms with Crippen molar-refractivity contribution >= 4 is 27.4 Å². The molecule has 3 nitrogen and oxygen atoms in total. The van der Waals surface area contributed by atoms with E-state index in [1.54, 1.807) is 11.3 Å². The van der Waals surface area contributed by atoms with Gasteiger partial charge in [0.15, 0.2) is 5.13 Å². The molecular formula is C18H19N3S. The fourth-order valence-corrected chi connectivity index (χ4v) is 4.06. The number of para-hydroxylation sites is 1. The van der Waals surface area contributed by atoms with Crippen LogP contribution in [0.25, 0.3) is 22.2 Å². The van der Waals surface area contributed by atoms with E-state index in [-0.39, 0.29) is 0 Å². The van der Waals surface area contributed by atoms with Crippen LogP contribution in [0, 0.1) is 0 Å². The Kier molecular flexibility index (Phi) is 3.54. The van der Waals surface area contributed by atoms with Gasteiger partial charge in [-0.25, -0.2) is 4.98 Å². The number of hydrogen-bond donors (Lipinski definition) is 1. The van der Waals surface area contributed by atoms with E-state index < -0.39 is 0 Å². The fourth-order valence-electron chi connectivity index (χ4n) is 3.29. The van der Waals surface area contributed by atoms with Crippen molar-refractivity contribution in [1.82, 2.24) is 9.97 Å². The van der Waals surface area contributed by atoms with Gasteiger partial charge < -0.3 is 5.32 Å². The van der Waals surface area contributed by atoms with Crippen molar-refractivity contribution in [2.24, 2.45) is 0 Å². The van der Waals surface area contributed by atoms with Crippen LogP contribution in [0.2, 0.25) is 0 Å². The molecule has 2 aromatic heterocycles. The number of hydrogen-bond acceptors (Lipinski definition) is 4. The summed E-state index contributed by atoms with van der Waals surface area (Å²) in [6.45, 7) is 3.01. The van der Waals surface area contributed by atoms with Crippen molar-refractivity contribution in [2.45, 2.75) is 32.6 Å². The number of rotatable bonds is 3. The van der Waals surface area contributed by atoms with Crippen molar-refractivity contribution in [3.63, 3.8) is 0 Å². The Balaban J connectivity index is 1.97. The third-order valence-electron chi connectivity index (χ3n) is 4.26. The standard InChI is InChI=1S/C18H19N3S/c1-2-19-18-21-16(11-22-18)17-12-7-3-5-9-14(12)20-15-10-6-4-8-13(15)17/h3,5,7,9,11H,2,4,6,8,10H2,1H3,(H,19,21). The molecule has 0 spiro atoms. The van der Waals surface area contributed by atoms with Gasteiger partial charge in [-0.3, -0.25) is 4.98 Å². The predicted octanol–water partition coefficient (Wildman–Crippen LogP) is 4.67. The van der Waals surface area contributed by atoms with E-state index in [1.807, 2.05) is 0 Å². The van der Waals surface area contributed by atoms with Gasteiger partial charge >= 0.3 is 0 Å². The van der Waals surface area contributed by atoms with Crippen LogP contribution in [-0.2, 0) is 12.8 Å². The lowest BCUT2D eigenvalue weighted by Gasteiger charge is -2.19. The molecule has 0 atom stereocenters. The molecule has 22 heavy (non-hydrogen) atoms. The second-order valence-corrected chi connectivity index (χ2v) is 6.56. The maximum atomic E-state index is 4.91. The summed E-state index contributed by atoms with van der Waals surface area (Å²) in [7, 11) is 0. The van der Waals surface area contributed by atoms with Gasteiger partial charge in [-0.1, -0.05) is 18.2 Å². The Morgan fingerprint density at radius 1 is 1.14 bits per heavy atom. The van der Waals surface area contributed by atoms with Gasteiger partial charge in [-0.2, -0.15) is 0 Å². The van der Waals surface area contributed by atoms with Gasteiger partial charge in [-0.05, 0) is 44.2 Å². The summed E-state index contributed by atoms with van der Waals surface area (Å²) in [5.74, 6) is 0. The van der Waals surface area contributed by atoms with Crippen LogP contribution in [-0.4, -0.2) is 16.5 Å². The van der Waals surface area contributed by atoms with Crippen molar-refractivity contribution in [3.05, 3.63) is 40.9 Å². The number of nitrogens with zero attached hydrogens (tertiary/aromatic N) is 2. The minimum Gasteiger partial charge on any atom is -0.362 e. The Bertz CT molecular complexity index is 822. The zero-order valence-corrected chi connectivity index (χ0v) is 13.5. The van der Waals surface area contributed by atoms with Gasteiger partial charge in [0.05, 0.1) is 11.2 Å². The number of aromatic nitrogens is 2. The average Bonchev–Trinajstić information content (AvgIpc) is 3.01. The minimum absolute atomic E-state index is 0.905. The second-order valence-electron chi connectivity index (χ2n) is 5.70. The Morgan fingerprint density at radius 3 is 2.91 bits per heavy atom. The average molecular weight is 309 g/mol. The molecule has 4 heteroatoms. The molecule has 1 aliphatic carbocycles. The fraction of sp³-hybridized carbons (Fsp3) is 0.333. The summed E-state index contributed by atoms with van der Waals surface area (Å²) in [6.07, 6.45) is 4.72. The Hall–Kier alpha value is -1.94. The summed E-state index contributed by atoms with van der Waals surface area (Å²) in [5.41, 5.74) is 6.19. The van der Waals surface area contributed by atoms with E-state index in [1.165, 1.54) is 35.0 Å². The van der Waals surface area contributed by atoms with E-state index >= 15 is 0 Å². The van der Waals surface area contributed by atoms with E-state index in [2.05, 4.69) is 41.9 Å².